The van der Waals surface area contributed by atoms with Gasteiger partial charge >= 0.3 is 0 Å². The van der Waals surface area contributed by atoms with Crippen molar-refractivity contribution in [1.29, 1.82) is 0 Å². The lowest BCUT2D eigenvalue weighted by molar-refractivity contribution is -0.385. The fourth-order valence-electron chi connectivity index (χ4n) is 3.20. The van der Waals surface area contributed by atoms with Crippen molar-refractivity contribution in [3.63, 3.8) is 0 Å². The normalized spacial score (nSPS) is 13.8. The van der Waals surface area contributed by atoms with Crippen LogP contribution in [0.25, 0.3) is 0 Å². The summed E-state index contributed by atoms with van der Waals surface area (Å²) in [7, 11) is 0. The minimum atomic E-state index is -0.502. The quantitative estimate of drug-likeness (QED) is 0.671. The van der Waals surface area contributed by atoms with Crippen LogP contribution in [0.15, 0.2) is 36.4 Å². The number of anilines is 2. The summed E-state index contributed by atoms with van der Waals surface area (Å²) in [5.41, 5.74) is 2.80. The van der Waals surface area contributed by atoms with Crippen molar-refractivity contribution in [3.8, 4) is 0 Å². The van der Waals surface area contributed by atoms with Crippen LogP contribution in [0.4, 0.5) is 17.1 Å². The molecule has 1 aliphatic rings. The number of hydrogen-bond donors (Lipinski definition) is 1. The summed E-state index contributed by atoms with van der Waals surface area (Å²) >= 11 is 0. The number of carbonyl (C=O) groups is 2. The standard InChI is InChI=1S/C19H19N3O4/c1-12-11-14(8-9-16(12)21-10-4-7-18(21)23)20-19(24)15-5-3-6-17(13(15)2)22(25)26/h3,5-6,8-9,11H,4,7,10H2,1-2H3,(H,20,24). The van der Waals surface area contributed by atoms with Crippen LogP contribution in [0.2, 0.25) is 0 Å². The van der Waals surface area contributed by atoms with Gasteiger partial charge in [0, 0.05) is 41.5 Å². The molecule has 2 amide bonds. The first kappa shape index (κ1) is 17.6. The first-order valence-corrected chi connectivity index (χ1v) is 8.35. The van der Waals surface area contributed by atoms with Crippen molar-refractivity contribution in [2.45, 2.75) is 26.7 Å². The summed E-state index contributed by atoms with van der Waals surface area (Å²) in [5, 5.41) is 13.8. The molecule has 0 atom stereocenters. The van der Waals surface area contributed by atoms with E-state index in [1.165, 1.54) is 12.1 Å². The third-order valence-corrected chi connectivity index (χ3v) is 4.57. The van der Waals surface area contributed by atoms with E-state index >= 15 is 0 Å². The molecule has 1 N–H and O–H groups in total. The molecular weight excluding hydrogens is 334 g/mol. The summed E-state index contributed by atoms with van der Waals surface area (Å²) in [4.78, 5) is 36.7. The SMILES string of the molecule is Cc1cc(NC(=O)c2cccc([N+](=O)[O-])c2C)ccc1N1CCCC1=O. The van der Waals surface area contributed by atoms with Gasteiger partial charge in [-0.25, -0.2) is 0 Å². The predicted octanol–water partition coefficient (Wildman–Crippen LogP) is 3.59. The average Bonchev–Trinajstić information content (AvgIpc) is 3.00. The highest BCUT2D eigenvalue weighted by atomic mass is 16.6. The molecule has 0 aliphatic carbocycles. The zero-order chi connectivity index (χ0) is 18.8. The molecule has 0 spiro atoms. The molecule has 0 unspecified atom stereocenters. The largest absolute Gasteiger partial charge is 0.322 e. The topological polar surface area (TPSA) is 92.5 Å². The van der Waals surface area contributed by atoms with Crippen LogP contribution in [-0.4, -0.2) is 23.3 Å². The van der Waals surface area contributed by atoms with E-state index in [4.69, 9.17) is 0 Å². The van der Waals surface area contributed by atoms with E-state index in [9.17, 15) is 19.7 Å². The van der Waals surface area contributed by atoms with Gasteiger partial charge in [0.25, 0.3) is 11.6 Å². The number of carbonyl (C=O) groups excluding carboxylic acids is 2. The number of nitrogens with one attached hydrogen (secondary N) is 1. The van der Waals surface area contributed by atoms with E-state index in [-0.39, 0.29) is 17.2 Å². The molecule has 0 aromatic heterocycles. The van der Waals surface area contributed by atoms with Crippen molar-refractivity contribution in [1.82, 2.24) is 0 Å². The van der Waals surface area contributed by atoms with Crippen molar-refractivity contribution in [2.24, 2.45) is 0 Å². The fourth-order valence-corrected chi connectivity index (χ4v) is 3.20. The van der Waals surface area contributed by atoms with Crippen LogP contribution in [0, 0.1) is 24.0 Å². The highest BCUT2D eigenvalue weighted by Crippen LogP contribution is 2.28. The van der Waals surface area contributed by atoms with E-state index in [0.717, 1.165) is 17.7 Å². The molecule has 2 aromatic rings. The highest BCUT2D eigenvalue weighted by molar-refractivity contribution is 6.06. The average molecular weight is 353 g/mol. The minimum absolute atomic E-state index is 0.0864. The van der Waals surface area contributed by atoms with E-state index in [0.29, 0.717) is 24.2 Å². The second kappa shape index (κ2) is 6.95. The maximum Gasteiger partial charge on any atom is 0.273 e. The Labute approximate surface area is 150 Å². The van der Waals surface area contributed by atoms with Crippen molar-refractivity contribution in [2.75, 3.05) is 16.8 Å². The monoisotopic (exact) mass is 353 g/mol. The molecule has 1 heterocycles. The van der Waals surface area contributed by atoms with E-state index < -0.39 is 10.8 Å². The van der Waals surface area contributed by atoms with Crippen LogP contribution in [0.5, 0.6) is 0 Å². The lowest BCUT2D eigenvalue weighted by Crippen LogP contribution is -2.24. The number of amides is 2. The number of rotatable bonds is 4. The zero-order valence-corrected chi connectivity index (χ0v) is 14.6. The first-order chi connectivity index (χ1) is 12.4. The van der Waals surface area contributed by atoms with E-state index in [1.807, 2.05) is 13.0 Å². The summed E-state index contributed by atoms with van der Waals surface area (Å²) in [6.07, 6.45) is 1.41. The van der Waals surface area contributed by atoms with Crippen molar-refractivity contribution in [3.05, 3.63) is 63.2 Å². The fraction of sp³-hybridized carbons (Fsp3) is 0.263. The number of aryl methyl sites for hydroxylation is 1. The Morgan fingerprint density at radius 3 is 2.62 bits per heavy atom. The van der Waals surface area contributed by atoms with Crippen LogP contribution in [0.1, 0.15) is 34.3 Å². The molecule has 7 heteroatoms. The smallest absolute Gasteiger partial charge is 0.273 e. The number of benzene rings is 2. The van der Waals surface area contributed by atoms with Gasteiger partial charge in [-0.15, -0.1) is 0 Å². The highest BCUT2D eigenvalue weighted by Gasteiger charge is 2.23. The summed E-state index contributed by atoms with van der Waals surface area (Å²) in [6.45, 7) is 4.15. The molecule has 0 bridgehead atoms. The lowest BCUT2D eigenvalue weighted by atomic mass is 10.1. The molecule has 3 rings (SSSR count). The van der Waals surface area contributed by atoms with E-state index in [1.54, 1.807) is 30.0 Å². The number of nitro benzene ring substituents is 1. The molecule has 1 saturated heterocycles. The van der Waals surface area contributed by atoms with Crippen LogP contribution in [-0.2, 0) is 4.79 Å². The molecule has 7 nitrogen and oxygen atoms in total. The van der Waals surface area contributed by atoms with Gasteiger partial charge < -0.3 is 10.2 Å². The molecular formula is C19H19N3O4. The van der Waals surface area contributed by atoms with Gasteiger partial charge in [0.05, 0.1) is 4.92 Å². The van der Waals surface area contributed by atoms with Crippen LogP contribution in [0.3, 0.4) is 0 Å². The van der Waals surface area contributed by atoms with Crippen LogP contribution < -0.4 is 10.2 Å². The Hall–Kier alpha value is -3.22. The second-order valence-electron chi connectivity index (χ2n) is 6.31. The van der Waals surface area contributed by atoms with Gasteiger partial charge in [-0.3, -0.25) is 19.7 Å². The zero-order valence-electron chi connectivity index (χ0n) is 14.6. The molecule has 2 aromatic carbocycles. The van der Waals surface area contributed by atoms with E-state index in [2.05, 4.69) is 5.32 Å². The Morgan fingerprint density at radius 2 is 2.00 bits per heavy atom. The summed E-state index contributed by atoms with van der Waals surface area (Å²) < 4.78 is 0. The number of nitro groups is 1. The Bertz CT molecular complexity index is 908. The minimum Gasteiger partial charge on any atom is -0.322 e. The molecule has 1 fully saturated rings. The van der Waals surface area contributed by atoms with Crippen LogP contribution >= 0.6 is 0 Å². The Balaban J connectivity index is 1.82. The molecule has 0 saturated carbocycles. The third kappa shape index (κ3) is 3.28. The van der Waals surface area contributed by atoms with Crippen molar-refractivity contribution >= 4 is 28.9 Å². The van der Waals surface area contributed by atoms with Gasteiger partial charge in [0.1, 0.15) is 0 Å². The maximum absolute atomic E-state index is 12.5. The number of hydrogen-bond acceptors (Lipinski definition) is 4. The summed E-state index contributed by atoms with van der Waals surface area (Å²) in [6, 6.07) is 9.77. The molecule has 1 aliphatic heterocycles. The maximum atomic E-state index is 12.5. The predicted molar refractivity (Wildman–Crippen MR) is 98.6 cm³/mol. The van der Waals surface area contributed by atoms with Gasteiger partial charge in [-0.1, -0.05) is 6.07 Å². The van der Waals surface area contributed by atoms with Gasteiger partial charge in [0.2, 0.25) is 5.91 Å². The Morgan fingerprint density at radius 1 is 1.23 bits per heavy atom. The lowest BCUT2D eigenvalue weighted by Gasteiger charge is -2.19. The van der Waals surface area contributed by atoms with Gasteiger partial charge in [0.15, 0.2) is 0 Å². The van der Waals surface area contributed by atoms with Gasteiger partial charge in [-0.05, 0) is 50.1 Å². The molecule has 134 valence electrons. The molecule has 0 radical (unpaired) electrons. The molecule has 26 heavy (non-hydrogen) atoms. The second-order valence-corrected chi connectivity index (χ2v) is 6.31. The first-order valence-electron chi connectivity index (χ1n) is 8.35. The number of nitrogens with zero attached hydrogens (tertiary/aromatic N) is 2. The van der Waals surface area contributed by atoms with Gasteiger partial charge in [-0.2, -0.15) is 0 Å². The summed E-state index contributed by atoms with van der Waals surface area (Å²) in [5.74, 6) is -0.298. The van der Waals surface area contributed by atoms with Crippen molar-refractivity contribution < 1.29 is 14.5 Å². The third-order valence-electron chi connectivity index (χ3n) is 4.57. The Kier molecular flexibility index (Phi) is 4.71.